The number of amides is 3. The lowest BCUT2D eigenvalue weighted by molar-refractivity contribution is -0.129. The van der Waals surface area contributed by atoms with Crippen LogP contribution in [-0.4, -0.2) is 73.5 Å². The average molecular weight is 544 g/mol. The molecule has 1 aliphatic carbocycles. The van der Waals surface area contributed by atoms with Crippen LogP contribution in [0.15, 0.2) is 42.5 Å². The second-order valence-corrected chi connectivity index (χ2v) is 10.2. The van der Waals surface area contributed by atoms with Gasteiger partial charge in [-0.3, -0.25) is 14.4 Å². The van der Waals surface area contributed by atoms with Crippen LogP contribution in [-0.2, 0) is 4.79 Å². The van der Waals surface area contributed by atoms with E-state index in [-0.39, 0.29) is 47.7 Å². The Hall–Kier alpha value is -3.69. The summed E-state index contributed by atoms with van der Waals surface area (Å²) in [7, 11) is 1.71. The first-order valence-electron chi connectivity index (χ1n) is 13.3. The van der Waals surface area contributed by atoms with Gasteiger partial charge in [-0.2, -0.15) is 8.78 Å². The molecule has 2 atom stereocenters. The number of hydrogen-bond acceptors (Lipinski definition) is 5. The number of benzene rings is 2. The summed E-state index contributed by atoms with van der Waals surface area (Å²) in [4.78, 5) is 40.8. The Labute approximate surface area is 227 Å². The fraction of sp³-hybridized carbons (Fsp3) is 0.483. The van der Waals surface area contributed by atoms with Gasteiger partial charge in [-0.25, -0.2) is 0 Å². The Kier molecular flexibility index (Phi) is 9.04. The number of carbonyl (C=O) groups excluding carboxylic acids is 3. The highest BCUT2D eigenvalue weighted by atomic mass is 19.3. The zero-order valence-electron chi connectivity index (χ0n) is 22.5. The third-order valence-corrected chi connectivity index (χ3v) is 7.36. The van der Waals surface area contributed by atoms with Gasteiger partial charge >= 0.3 is 6.61 Å². The van der Waals surface area contributed by atoms with Crippen molar-refractivity contribution in [3.05, 3.63) is 59.2 Å². The van der Waals surface area contributed by atoms with E-state index >= 15 is 0 Å². The quantitative estimate of drug-likeness (QED) is 0.457. The Morgan fingerprint density at radius 1 is 1.08 bits per heavy atom. The topological polar surface area (TPSA) is 88.2 Å². The number of likely N-dealkylation sites (tertiary alicyclic amines) is 1. The first-order chi connectivity index (χ1) is 18.7. The van der Waals surface area contributed by atoms with Gasteiger partial charge in [0.2, 0.25) is 5.91 Å². The molecule has 1 unspecified atom stereocenters. The van der Waals surface area contributed by atoms with Crippen molar-refractivity contribution in [2.45, 2.75) is 51.7 Å². The summed E-state index contributed by atoms with van der Waals surface area (Å²) in [5.74, 6) is 0.132. The van der Waals surface area contributed by atoms with Crippen LogP contribution in [0.4, 0.5) is 8.78 Å². The number of nitrogens with one attached hydrogen (secondary N) is 1. The molecule has 0 radical (unpaired) electrons. The van der Waals surface area contributed by atoms with Gasteiger partial charge < -0.3 is 24.6 Å². The van der Waals surface area contributed by atoms with Crippen LogP contribution in [0.1, 0.15) is 65.3 Å². The van der Waals surface area contributed by atoms with Gasteiger partial charge in [0, 0.05) is 56.7 Å². The summed E-state index contributed by atoms with van der Waals surface area (Å²) < 4.78 is 36.3. The molecule has 39 heavy (non-hydrogen) atoms. The van der Waals surface area contributed by atoms with Gasteiger partial charge in [-0.1, -0.05) is 6.07 Å². The number of rotatable bonds is 11. The minimum Gasteiger partial charge on any atom is -0.489 e. The standard InChI is InChI=1S/C29H35F2N3O5/c1-4-33(3)28(37)21-9-7-20(8-10-21)27(36)32-15-24-13-23(16-34(24)18(2)35)22-11-12-25(39-29(30)31)26(14-22)38-17-19-5-6-19/h7-12,14,19,23-24,29H,4-6,13,15-17H2,1-3H3,(H,32,36)/t23?,24-/m1/s1. The molecule has 0 aromatic heterocycles. The molecule has 210 valence electrons. The molecule has 4 rings (SSSR count). The lowest BCUT2D eigenvalue weighted by Gasteiger charge is -2.23. The molecule has 1 heterocycles. The molecule has 1 saturated carbocycles. The van der Waals surface area contributed by atoms with Crippen molar-refractivity contribution in [2.24, 2.45) is 5.92 Å². The molecule has 2 aromatic rings. The third kappa shape index (κ3) is 7.25. The van der Waals surface area contributed by atoms with Crippen LogP contribution in [0.25, 0.3) is 0 Å². The highest BCUT2D eigenvalue weighted by molar-refractivity contribution is 5.97. The van der Waals surface area contributed by atoms with Crippen LogP contribution < -0.4 is 14.8 Å². The second kappa shape index (κ2) is 12.4. The number of halogens is 2. The Balaban J connectivity index is 1.41. The number of carbonyl (C=O) groups is 3. The van der Waals surface area contributed by atoms with Crippen LogP contribution >= 0.6 is 0 Å². The molecule has 2 aliphatic rings. The summed E-state index contributed by atoms with van der Waals surface area (Å²) in [5.41, 5.74) is 1.78. The van der Waals surface area contributed by atoms with E-state index in [0.29, 0.717) is 43.2 Å². The van der Waals surface area contributed by atoms with Gasteiger partial charge in [-0.15, -0.1) is 0 Å². The molecule has 3 amide bonds. The number of hydrogen-bond donors (Lipinski definition) is 1. The minimum absolute atomic E-state index is 0.00584. The van der Waals surface area contributed by atoms with Crippen molar-refractivity contribution in [2.75, 3.05) is 33.3 Å². The molecule has 0 spiro atoms. The Bertz CT molecular complexity index is 1190. The van der Waals surface area contributed by atoms with E-state index in [4.69, 9.17) is 4.74 Å². The maximum absolute atomic E-state index is 12.9. The summed E-state index contributed by atoms with van der Waals surface area (Å²) >= 11 is 0. The third-order valence-electron chi connectivity index (χ3n) is 7.36. The van der Waals surface area contributed by atoms with Crippen molar-refractivity contribution in [3.63, 3.8) is 0 Å². The lowest BCUT2D eigenvalue weighted by atomic mass is 9.96. The molecular formula is C29H35F2N3O5. The lowest BCUT2D eigenvalue weighted by Crippen LogP contribution is -2.42. The summed E-state index contributed by atoms with van der Waals surface area (Å²) in [6, 6.07) is 11.2. The Morgan fingerprint density at radius 2 is 1.77 bits per heavy atom. The van der Waals surface area contributed by atoms with E-state index < -0.39 is 6.61 Å². The van der Waals surface area contributed by atoms with Gasteiger partial charge in [0.15, 0.2) is 11.5 Å². The fourth-order valence-electron chi connectivity index (χ4n) is 4.76. The van der Waals surface area contributed by atoms with Crippen molar-refractivity contribution in [1.29, 1.82) is 0 Å². The molecule has 1 aliphatic heterocycles. The molecule has 2 fully saturated rings. The van der Waals surface area contributed by atoms with Crippen molar-refractivity contribution >= 4 is 17.7 Å². The second-order valence-electron chi connectivity index (χ2n) is 10.2. The molecular weight excluding hydrogens is 508 g/mol. The fourth-order valence-corrected chi connectivity index (χ4v) is 4.76. The van der Waals surface area contributed by atoms with Gasteiger partial charge in [0.05, 0.1) is 6.61 Å². The summed E-state index contributed by atoms with van der Waals surface area (Å²) in [6.45, 7) is 2.15. The van der Waals surface area contributed by atoms with Crippen molar-refractivity contribution in [3.8, 4) is 11.5 Å². The Morgan fingerprint density at radius 3 is 2.38 bits per heavy atom. The summed E-state index contributed by atoms with van der Waals surface area (Å²) in [6.07, 6.45) is 2.72. The zero-order valence-corrected chi connectivity index (χ0v) is 22.5. The van der Waals surface area contributed by atoms with Crippen molar-refractivity contribution < 1.29 is 32.6 Å². The highest BCUT2D eigenvalue weighted by Gasteiger charge is 2.35. The molecule has 1 saturated heterocycles. The number of nitrogens with zero attached hydrogens (tertiary/aromatic N) is 2. The van der Waals surface area contributed by atoms with E-state index in [2.05, 4.69) is 10.1 Å². The maximum atomic E-state index is 12.9. The van der Waals surface area contributed by atoms with E-state index in [0.717, 1.165) is 18.4 Å². The molecule has 2 aromatic carbocycles. The molecule has 8 nitrogen and oxygen atoms in total. The van der Waals surface area contributed by atoms with Crippen LogP contribution in [0.3, 0.4) is 0 Å². The minimum atomic E-state index is -2.96. The normalized spacial score (nSPS) is 18.7. The number of alkyl halides is 2. The van der Waals surface area contributed by atoms with E-state index in [1.54, 1.807) is 53.2 Å². The van der Waals surface area contributed by atoms with Gasteiger partial charge in [-0.05, 0) is 74.1 Å². The zero-order chi connectivity index (χ0) is 28.1. The van der Waals surface area contributed by atoms with Gasteiger partial charge in [0.25, 0.3) is 11.8 Å². The smallest absolute Gasteiger partial charge is 0.387 e. The average Bonchev–Trinajstić information content (AvgIpc) is 3.66. The van der Waals surface area contributed by atoms with Crippen LogP contribution in [0.5, 0.6) is 11.5 Å². The monoisotopic (exact) mass is 543 g/mol. The first kappa shape index (κ1) is 28.3. The van der Waals surface area contributed by atoms with Crippen molar-refractivity contribution in [1.82, 2.24) is 15.1 Å². The molecule has 10 heteroatoms. The van der Waals surface area contributed by atoms with Crippen LogP contribution in [0, 0.1) is 5.92 Å². The molecule has 0 bridgehead atoms. The van der Waals surface area contributed by atoms with Gasteiger partial charge in [0.1, 0.15) is 0 Å². The predicted molar refractivity (Wildman–Crippen MR) is 141 cm³/mol. The van der Waals surface area contributed by atoms with E-state index in [1.165, 1.54) is 13.0 Å². The predicted octanol–water partition coefficient (Wildman–Crippen LogP) is 4.30. The largest absolute Gasteiger partial charge is 0.489 e. The molecule has 1 N–H and O–H groups in total. The van der Waals surface area contributed by atoms with Crippen LogP contribution in [0.2, 0.25) is 0 Å². The SMILES string of the molecule is CCN(C)C(=O)c1ccc(C(=O)NC[C@H]2CC(c3ccc(OC(F)F)c(OCC4CC4)c3)CN2C(C)=O)cc1. The maximum Gasteiger partial charge on any atom is 0.387 e. The van der Waals surface area contributed by atoms with E-state index in [1.807, 2.05) is 6.92 Å². The first-order valence-corrected chi connectivity index (χ1v) is 13.3. The summed E-state index contributed by atoms with van der Waals surface area (Å²) in [5, 5.41) is 2.91. The highest BCUT2D eigenvalue weighted by Crippen LogP contribution is 2.38. The van der Waals surface area contributed by atoms with E-state index in [9.17, 15) is 23.2 Å². The number of ether oxygens (including phenoxy) is 2.